The number of benzene rings is 1. The molecule has 0 fully saturated rings. The van der Waals surface area contributed by atoms with Crippen LogP contribution in [0.15, 0.2) is 12.1 Å². The van der Waals surface area contributed by atoms with E-state index < -0.39 is 17.5 Å². The molecular weight excluding hydrogens is 165 g/mol. The number of rotatable bonds is 1. The van der Waals surface area contributed by atoms with Crippen molar-refractivity contribution in [2.24, 2.45) is 0 Å². The smallest absolute Gasteiger partial charge is 0.161 e. The van der Waals surface area contributed by atoms with E-state index in [9.17, 15) is 13.2 Å². The molecule has 0 N–H and O–H groups in total. The molecule has 1 aromatic rings. The molecule has 0 aromatic heterocycles. The van der Waals surface area contributed by atoms with Gasteiger partial charge in [-0.1, -0.05) is 13.8 Å². The molecule has 0 aliphatic carbocycles. The minimum Gasteiger partial charge on any atom is -0.207 e. The van der Waals surface area contributed by atoms with Gasteiger partial charge in [0.2, 0.25) is 0 Å². The van der Waals surface area contributed by atoms with Crippen LogP contribution in [0.25, 0.3) is 0 Å². The fourth-order valence-corrected chi connectivity index (χ4v) is 0.906. The second-order valence-corrected chi connectivity index (χ2v) is 2.75. The molecule has 0 saturated carbocycles. The predicted molar refractivity (Wildman–Crippen MR) is 40.0 cm³/mol. The summed E-state index contributed by atoms with van der Waals surface area (Å²) in [5.41, 5.74) is 0.119. The lowest BCUT2D eigenvalue weighted by Gasteiger charge is -2.06. The average molecular weight is 173 g/mol. The zero-order valence-electron chi connectivity index (χ0n) is 6.79. The van der Waals surface area contributed by atoms with Gasteiger partial charge in [-0.05, 0) is 11.6 Å². The van der Waals surface area contributed by atoms with Crippen molar-refractivity contribution in [2.75, 3.05) is 0 Å². The first-order valence-electron chi connectivity index (χ1n) is 3.47. The molecule has 0 saturated heterocycles. The Morgan fingerprint density at radius 3 is 1.92 bits per heavy atom. The van der Waals surface area contributed by atoms with Crippen LogP contribution in [0, 0.1) is 23.4 Å². The Kier molecular flexibility index (Phi) is 2.40. The Hall–Kier alpha value is -0.990. The van der Waals surface area contributed by atoms with Gasteiger partial charge < -0.3 is 0 Å². The van der Waals surface area contributed by atoms with E-state index in [1.165, 1.54) is 0 Å². The first-order chi connectivity index (χ1) is 5.52. The zero-order valence-corrected chi connectivity index (χ0v) is 6.79. The number of hydrogen-bond acceptors (Lipinski definition) is 0. The molecular formula is C9H8F3. The molecule has 0 amide bonds. The third kappa shape index (κ3) is 1.60. The molecule has 12 heavy (non-hydrogen) atoms. The molecule has 1 radical (unpaired) electrons. The second kappa shape index (κ2) is 3.17. The van der Waals surface area contributed by atoms with E-state index in [4.69, 9.17) is 0 Å². The van der Waals surface area contributed by atoms with E-state index in [-0.39, 0.29) is 5.56 Å². The Bertz CT molecular complexity index is 292. The molecule has 0 nitrogen and oxygen atoms in total. The Morgan fingerprint density at radius 2 is 1.42 bits per heavy atom. The lowest BCUT2D eigenvalue weighted by Crippen LogP contribution is -1.97. The summed E-state index contributed by atoms with van der Waals surface area (Å²) in [7, 11) is 0. The molecule has 1 rings (SSSR count). The first-order valence-corrected chi connectivity index (χ1v) is 3.47. The van der Waals surface area contributed by atoms with E-state index in [1.807, 2.05) is 0 Å². The normalized spacial score (nSPS) is 10.8. The van der Waals surface area contributed by atoms with Gasteiger partial charge in [0, 0.05) is 12.0 Å². The number of hydrogen-bond donors (Lipinski definition) is 0. The van der Waals surface area contributed by atoms with E-state index in [2.05, 4.69) is 0 Å². The molecule has 65 valence electrons. The highest BCUT2D eigenvalue weighted by Crippen LogP contribution is 2.20. The molecule has 0 spiro atoms. The summed E-state index contributed by atoms with van der Waals surface area (Å²) < 4.78 is 37.8. The quantitative estimate of drug-likeness (QED) is 0.572. The summed E-state index contributed by atoms with van der Waals surface area (Å²) in [4.78, 5) is 0. The average Bonchev–Trinajstić information content (AvgIpc) is 1.96. The zero-order chi connectivity index (χ0) is 9.30. The van der Waals surface area contributed by atoms with Crippen LogP contribution in [0.2, 0.25) is 0 Å². The van der Waals surface area contributed by atoms with Crippen LogP contribution >= 0.6 is 0 Å². The van der Waals surface area contributed by atoms with Crippen LogP contribution < -0.4 is 0 Å². The maximum Gasteiger partial charge on any atom is 0.161 e. The Morgan fingerprint density at radius 1 is 0.917 bits per heavy atom. The van der Waals surface area contributed by atoms with Crippen LogP contribution in [0.3, 0.4) is 0 Å². The lowest BCUT2D eigenvalue weighted by atomic mass is 10.0. The van der Waals surface area contributed by atoms with Crippen molar-refractivity contribution in [3.8, 4) is 0 Å². The van der Waals surface area contributed by atoms with Crippen molar-refractivity contribution in [1.29, 1.82) is 0 Å². The highest BCUT2D eigenvalue weighted by Gasteiger charge is 2.11. The summed E-state index contributed by atoms with van der Waals surface area (Å²) in [5, 5.41) is 0. The van der Waals surface area contributed by atoms with Crippen molar-refractivity contribution < 1.29 is 13.2 Å². The van der Waals surface area contributed by atoms with E-state index in [0.29, 0.717) is 12.0 Å². The van der Waals surface area contributed by atoms with E-state index >= 15 is 0 Å². The summed E-state index contributed by atoms with van der Waals surface area (Å²) in [6.45, 7) is 3.27. The summed E-state index contributed by atoms with van der Waals surface area (Å²) >= 11 is 0. The monoisotopic (exact) mass is 173 g/mol. The molecule has 0 bridgehead atoms. The van der Waals surface area contributed by atoms with Gasteiger partial charge in [-0.2, -0.15) is 0 Å². The molecule has 0 aliphatic rings. The summed E-state index contributed by atoms with van der Waals surface area (Å²) in [6, 6.07) is 1.41. The lowest BCUT2D eigenvalue weighted by molar-refractivity contribution is 0.491. The maximum absolute atomic E-state index is 12.9. The number of halogens is 3. The van der Waals surface area contributed by atoms with Crippen molar-refractivity contribution in [2.45, 2.75) is 13.8 Å². The van der Waals surface area contributed by atoms with Gasteiger partial charge in [-0.15, -0.1) is 0 Å². The predicted octanol–water partition coefficient (Wildman–Crippen LogP) is 3.07. The summed E-state index contributed by atoms with van der Waals surface area (Å²) in [5.74, 6) is -2.29. The van der Waals surface area contributed by atoms with Crippen LogP contribution in [0.5, 0.6) is 0 Å². The maximum atomic E-state index is 12.9. The molecule has 0 unspecified atom stereocenters. The third-order valence-corrected chi connectivity index (χ3v) is 1.55. The fourth-order valence-electron chi connectivity index (χ4n) is 0.906. The van der Waals surface area contributed by atoms with Crippen LogP contribution in [0.1, 0.15) is 19.4 Å². The molecule has 0 atom stereocenters. The highest BCUT2D eigenvalue weighted by molar-refractivity contribution is 5.30. The fraction of sp³-hybridized carbons (Fsp3) is 0.222. The Labute approximate surface area is 69.0 Å². The van der Waals surface area contributed by atoms with Crippen LogP contribution in [-0.2, 0) is 0 Å². The van der Waals surface area contributed by atoms with Crippen LogP contribution in [0.4, 0.5) is 13.2 Å². The van der Waals surface area contributed by atoms with Crippen molar-refractivity contribution in [3.05, 3.63) is 41.1 Å². The SMILES string of the molecule is C[C](C)c1cc(F)c(F)cc1F. The minimum absolute atomic E-state index is 0.119. The molecule has 0 heterocycles. The van der Waals surface area contributed by atoms with Gasteiger partial charge in [0.05, 0.1) is 0 Å². The van der Waals surface area contributed by atoms with Crippen LogP contribution in [-0.4, -0.2) is 0 Å². The van der Waals surface area contributed by atoms with Crippen molar-refractivity contribution in [1.82, 2.24) is 0 Å². The third-order valence-electron chi connectivity index (χ3n) is 1.55. The molecule has 3 heteroatoms. The topological polar surface area (TPSA) is 0 Å². The van der Waals surface area contributed by atoms with Gasteiger partial charge in [0.1, 0.15) is 5.82 Å². The van der Waals surface area contributed by atoms with Gasteiger partial charge in [-0.3, -0.25) is 0 Å². The van der Waals surface area contributed by atoms with Gasteiger partial charge >= 0.3 is 0 Å². The highest BCUT2D eigenvalue weighted by atomic mass is 19.2. The molecule has 1 aromatic carbocycles. The Balaban J connectivity index is 3.23. The van der Waals surface area contributed by atoms with Gasteiger partial charge in [-0.25, -0.2) is 13.2 Å². The van der Waals surface area contributed by atoms with Gasteiger partial charge in [0.15, 0.2) is 11.6 Å². The van der Waals surface area contributed by atoms with E-state index in [0.717, 1.165) is 6.07 Å². The standard InChI is InChI=1S/C9H8F3/c1-5(2)6-3-8(11)9(12)4-7(6)10/h3-4H,1-2H3. The van der Waals surface area contributed by atoms with Crippen molar-refractivity contribution in [3.63, 3.8) is 0 Å². The van der Waals surface area contributed by atoms with Crippen molar-refractivity contribution >= 4 is 0 Å². The second-order valence-electron chi connectivity index (χ2n) is 2.75. The minimum atomic E-state index is -1.16. The van der Waals surface area contributed by atoms with Gasteiger partial charge in [0.25, 0.3) is 0 Å². The molecule has 0 aliphatic heterocycles. The van der Waals surface area contributed by atoms with E-state index in [1.54, 1.807) is 13.8 Å². The first kappa shape index (κ1) is 9.10. The summed E-state index contributed by atoms with van der Waals surface area (Å²) in [6.07, 6.45) is 0. The largest absolute Gasteiger partial charge is 0.207 e.